The maximum Gasteiger partial charge on any atom is 0.136 e. The van der Waals surface area contributed by atoms with Crippen LogP contribution in [-0.2, 0) is 0 Å². The van der Waals surface area contributed by atoms with Gasteiger partial charge >= 0.3 is 0 Å². The predicted molar refractivity (Wildman–Crippen MR) is 199 cm³/mol. The van der Waals surface area contributed by atoms with Gasteiger partial charge in [0.1, 0.15) is 11.2 Å². The number of benzene rings is 9. The Hall–Kier alpha value is -6.18. The second kappa shape index (κ2) is 10.2. The smallest absolute Gasteiger partial charge is 0.136 e. The number of fused-ring (bicyclic) bond motifs is 2. The van der Waals surface area contributed by atoms with Crippen LogP contribution in [0.15, 0.2) is 174 Å². The molecule has 0 bridgehead atoms. The summed E-state index contributed by atoms with van der Waals surface area (Å²) >= 11 is 0. The summed E-state index contributed by atoms with van der Waals surface area (Å²) in [6.07, 6.45) is 0. The molecule has 1 aromatic heterocycles. The summed E-state index contributed by atoms with van der Waals surface area (Å²) in [6.45, 7) is 0. The molecule has 10 rings (SSSR count). The molecule has 9 aromatic carbocycles. The van der Waals surface area contributed by atoms with E-state index >= 15 is 0 Å². The van der Waals surface area contributed by atoms with Crippen LogP contribution >= 0.6 is 0 Å². The van der Waals surface area contributed by atoms with Crippen molar-refractivity contribution in [1.82, 2.24) is 0 Å². The van der Waals surface area contributed by atoms with Crippen LogP contribution in [-0.4, -0.2) is 0 Å². The molecule has 1 nitrogen and oxygen atoms in total. The molecule has 0 amide bonds. The highest BCUT2D eigenvalue weighted by Gasteiger charge is 2.22. The highest BCUT2D eigenvalue weighted by Crippen LogP contribution is 2.49. The van der Waals surface area contributed by atoms with Crippen LogP contribution in [0, 0.1) is 0 Å². The van der Waals surface area contributed by atoms with Crippen LogP contribution in [0.2, 0.25) is 0 Å². The largest absolute Gasteiger partial charge is 0.456 e. The third-order valence-electron chi connectivity index (χ3n) is 9.82. The van der Waals surface area contributed by atoms with E-state index in [1.807, 2.05) is 0 Å². The Morgan fingerprint density at radius 2 is 0.830 bits per heavy atom. The number of hydrogen-bond acceptors (Lipinski definition) is 1. The molecule has 0 aliphatic carbocycles. The van der Waals surface area contributed by atoms with Crippen molar-refractivity contribution in [2.45, 2.75) is 0 Å². The Labute approximate surface area is 272 Å². The van der Waals surface area contributed by atoms with Gasteiger partial charge in [0.15, 0.2) is 0 Å². The minimum Gasteiger partial charge on any atom is -0.456 e. The van der Waals surface area contributed by atoms with E-state index in [1.165, 1.54) is 87.6 Å². The zero-order chi connectivity index (χ0) is 30.9. The number of rotatable bonds is 4. The van der Waals surface area contributed by atoms with Gasteiger partial charge in [-0.25, -0.2) is 0 Å². The minimum atomic E-state index is 0.938. The van der Waals surface area contributed by atoms with Gasteiger partial charge in [-0.15, -0.1) is 0 Å². The third kappa shape index (κ3) is 3.90. The first-order chi connectivity index (χ1) is 23.3. The average molecular weight is 597 g/mol. The van der Waals surface area contributed by atoms with Crippen molar-refractivity contribution >= 4 is 54.3 Å². The van der Waals surface area contributed by atoms with Crippen molar-refractivity contribution in [2.24, 2.45) is 0 Å². The van der Waals surface area contributed by atoms with E-state index in [1.54, 1.807) is 0 Å². The normalized spacial score (nSPS) is 11.8. The Balaban J connectivity index is 1.31. The quantitative estimate of drug-likeness (QED) is 0.145. The van der Waals surface area contributed by atoms with E-state index in [-0.39, 0.29) is 0 Å². The molecule has 0 spiro atoms. The van der Waals surface area contributed by atoms with E-state index in [9.17, 15) is 0 Å². The summed E-state index contributed by atoms with van der Waals surface area (Å²) < 4.78 is 6.35. The summed E-state index contributed by atoms with van der Waals surface area (Å²) in [6, 6.07) is 61.6. The summed E-state index contributed by atoms with van der Waals surface area (Å²) in [5, 5.41) is 9.83. The fourth-order valence-corrected chi connectivity index (χ4v) is 7.83. The summed E-state index contributed by atoms with van der Waals surface area (Å²) in [7, 11) is 0. The van der Waals surface area contributed by atoms with Crippen LogP contribution < -0.4 is 0 Å². The van der Waals surface area contributed by atoms with Gasteiger partial charge in [-0.1, -0.05) is 146 Å². The standard InChI is InChI=1S/C46H28O/c1-3-13-29(14-4-1)33-26-25-32(27-39(33)30-15-5-2-6-16-30)43-34-18-7-9-20-36(34)45(37-21-10-8-19-35(37)43)40-28-31-17-11-23-41-44(31)46-38(40)22-12-24-42(46)47-41/h1-28H. The van der Waals surface area contributed by atoms with Crippen LogP contribution in [0.5, 0.6) is 0 Å². The van der Waals surface area contributed by atoms with Crippen LogP contribution in [0.25, 0.3) is 98.8 Å². The van der Waals surface area contributed by atoms with E-state index in [0.29, 0.717) is 0 Å². The maximum absolute atomic E-state index is 6.35. The first-order valence-electron chi connectivity index (χ1n) is 16.2. The van der Waals surface area contributed by atoms with Crippen molar-refractivity contribution in [2.75, 3.05) is 0 Å². The first-order valence-corrected chi connectivity index (χ1v) is 16.2. The lowest BCUT2D eigenvalue weighted by molar-refractivity contribution is 0.669. The van der Waals surface area contributed by atoms with Gasteiger partial charge in [-0.2, -0.15) is 0 Å². The van der Waals surface area contributed by atoms with E-state index in [2.05, 4.69) is 170 Å². The maximum atomic E-state index is 6.35. The molecule has 1 heteroatoms. The molecule has 0 saturated heterocycles. The lowest BCUT2D eigenvalue weighted by Gasteiger charge is -2.20. The molecule has 0 fully saturated rings. The summed E-state index contributed by atoms with van der Waals surface area (Å²) in [5.41, 5.74) is 11.7. The monoisotopic (exact) mass is 596 g/mol. The van der Waals surface area contributed by atoms with E-state index in [4.69, 9.17) is 4.42 Å². The highest BCUT2D eigenvalue weighted by atomic mass is 16.3. The zero-order valence-corrected chi connectivity index (χ0v) is 25.6. The van der Waals surface area contributed by atoms with Crippen LogP contribution in [0.3, 0.4) is 0 Å². The van der Waals surface area contributed by atoms with Crippen molar-refractivity contribution in [3.05, 3.63) is 170 Å². The lowest BCUT2D eigenvalue weighted by Crippen LogP contribution is -1.93. The molecule has 0 aliphatic rings. The van der Waals surface area contributed by atoms with Crippen LogP contribution in [0.1, 0.15) is 0 Å². The number of furan rings is 1. The SMILES string of the molecule is c1ccc(-c2ccc(-c3c4ccccc4c(-c4cc5cccc6oc7cccc4c7c56)c4ccccc34)cc2-c2ccccc2)cc1. The Kier molecular flexibility index (Phi) is 5.64. The van der Waals surface area contributed by atoms with Gasteiger partial charge in [0, 0.05) is 10.8 Å². The molecule has 0 saturated carbocycles. The molecule has 0 radical (unpaired) electrons. The van der Waals surface area contributed by atoms with E-state index < -0.39 is 0 Å². The van der Waals surface area contributed by atoms with E-state index in [0.717, 1.165) is 11.2 Å². The van der Waals surface area contributed by atoms with Crippen molar-refractivity contribution in [3.8, 4) is 44.5 Å². The van der Waals surface area contributed by atoms with Crippen LogP contribution in [0.4, 0.5) is 0 Å². The predicted octanol–water partition coefficient (Wildman–Crippen LogP) is 13.2. The minimum absolute atomic E-state index is 0.938. The molecular weight excluding hydrogens is 569 g/mol. The second-order valence-corrected chi connectivity index (χ2v) is 12.4. The molecule has 1 heterocycles. The highest BCUT2D eigenvalue weighted by molar-refractivity contribution is 6.29. The molecule has 218 valence electrons. The Bertz CT molecular complexity index is 2710. The molecule has 0 N–H and O–H groups in total. The molecular formula is C46H28O. The van der Waals surface area contributed by atoms with Crippen molar-refractivity contribution in [3.63, 3.8) is 0 Å². The van der Waals surface area contributed by atoms with Crippen molar-refractivity contribution < 1.29 is 4.42 Å². The third-order valence-corrected chi connectivity index (χ3v) is 9.82. The van der Waals surface area contributed by atoms with Gasteiger partial charge in [0.05, 0.1) is 0 Å². The average Bonchev–Trinajstić information content (AvgIpc) is 3.53. The molecule has 0 unspecified atom stereocenters. The zero-order valence-electron chi connectivity index (χ0n) is 25.6. The van der Waals surface area contributed by atoms with Gasteiger partial charge in [-0.3, -0.25) is 0 Å². The van der Waals surface area contributed by atoms with Gasteiger partial charge in [-0.05, 0) is 101 Å². The molecule has 0 atom stereocenters. The first kappa shape index (κ1) is 26.1. The second-order valence-electron chi connectivity index (χ2n) is 12.4. The Morgan fingerprint density at radius 1 is 0.298 bits per heavy atom. The lowest BCUT2D eigenvalue weighted by atomic mass is 9.83. The fraction of sp³-hybridized carbons (Fsp3) is 0. The van der Waals surface area contributed by atoms with Gasteiger partial charge in [0.25, 0.3) is 0 Å². The summed E-state index contributed by atoms with van der Waals surface area (Å²) in [4.78, 5) is 0. The topological polar surface area (TPSA) is 13.1 Å². The van der Waals surface area contributed by atoms with Crippen molar-refractivity contribution in [1.29, 1.82) is 0 Å². The summed E-state index contributed by atoms with van der Waals surface area (Å²) in [5.74, 6) is 0. The molecule has 0 aliphatic heterocycles. The van der Waals surface area contributed by atoms with Gasteiger partial charge < -0.3 is 4.42 Å². The fourth-order valence-electron chi connectivity index (χ4n) is 7.83. The molecule has 10 aromatic rings. The number of hydrogen-bond donors (Lipinski definition) is 0. The Morgan fingerprint density at radius 3 is 1.49 bits per heavy atom. The molecule has 47 heavy (non-hydrogen) atoms. The van der Waals surface area contributed by atoms with Gasteiger partial charge in [0.2, 0.25) is 0 Å².